The number of hydrogen-bond acceptors (Lipinski definition) is 8. The van der Waals surface area contributed by atoms with Crippen LogP contribution in [0.4, 0.5) is 11.4 Å². The zero-order chi connectivity index (χ0) is 19.9. The number of amides is 2. The molecule has 1 spiro atoms. The first kappa shape index (κ1) is 17.5. The molecule has 2 aromatic rings. The van der Waals surface area contributed by atoms with Crippen molar-refractivity contribution in [2.45, 2.75) is 12.6 Å². The van der Waals surface area contributed by atoms with Crippen molar-refractivity contribution >= 4 is 35.1 Å². The number of hydrogen-bond donors (Lipinski definition) is 3. The van der Waals surface area contributed by atoms with Crippen LogP contribution in [0.1, 0.15) is 12.5 Å². The van der Waals surface area contributed by atoms with E-state index in [0.717, 1.165) is 4.90 Å². The van der Waals surface area contributed by atoms with Crippen molar-refractivity contribution < 1.29 is 14.3 Å². The fourth-order valence-electron chi connectivity index (χ4n) is 3.35. The topological polar surface area (TPSA) is 121 Å². The number of fused-ring (bicyclic) bond motifs is 2. The number of imide groups is 1. The van der Waals surface area contributed by atoms with E-state index in [1.165, 1.54) is 6.92 Å². The van der Waals surface area contributed by atoms with Crippen molar-refractivity contribution in [1.82, 2.24) is 5.32 Å². The monoisotopic (exact) mass is 378 g/mol. The van der Waals surface area contributed by atoms with E-state index in [9.17, 15) is 9.59 Å². The third-order valence-electron chi connectivity index (χ3n) is 4.50. The van der Waals surface area contributed by atoms with Gasteiger partial charge < -0.3 is 15.8 Å². The van der Waals surface area contributed by atoms with Crippen LogP contribution in [0, 0.1) is 0 Å². The maximum Gasteiger partial charge on any atom is 0.289 e. The highest BCUT2D eigenvalue weighted by Crippen LogP contribution is 2.44. The van der Waals surface area contributed by atoms with Gasteiger partial charge in [-0.15, -0.1) is 0 Å². The second kappa shape index (κ2) is 6.38. The lowest BCUT2D eigenvalue weighted by molar-refractivity contribution is -0.127. The number of methoxy groups -OCH3 is 1. The molecule has 28 heavy (non-hydrogen) atoms. The van der Waals surface area contributed by atoms with Gasteiger partial charge in [0.05, 0.1) is 18.5 Å². The molecule has 2 amide bonds. The molecular formula is C19H18N6O3. The first-order valence-electron chi connectivity index (χ1n) is 8.53. The lowest BCUT2D eigenvalue weighted by Gasteiger charge is -2.27. The number of nitrogens with one attached hydrogen (secondary N) is 2. The van der Waals surface area contributed by atoms with Crippen LogP contribution in [-0.4, -0.2) is 30.8 Å². The number of para-hydroxylation sites is 3. The summed E-state index contributed by atoms with van der Waals surface area (Å²) in [6, 6.07) is 14.1. The maximum absolute atomic E-state index is 13.2. The Labute approximate surface area is 160 Å². The summed E-state index contributed by atoms with van der Waals surface area (Å²) >= 11 is 0. The molecule has 142 valence electrons. The van der Waals surface area contributed by atoms with Gasteiger partial charge >= 0.3 is 0 Å². The summed E-state index contributed by atoms with van der Waals surface area (Å²) in [5.74, 6) is -0.196. The number of carbonyl (C=O) groups excluding carboxylic acids is 2. The smallest absolute Gasteiger partial charge is 0.289 e. The Balaban J connectivity index is 1.83. The van der Waals surface area contributed by atoms with Crippen molar-refractivity contribution in [3.63, 3.8) is 0 Å². The molecule has 2 aliphatic rings. The van der Waals surface area contributed by atoms with Gasteiger partial charge in [0.2, 0.25) is 11.9 Å². The second-order valence-electron chi connectivity index (χ2n) is 6.26. The Morgan fingerprint density at radius 1 is 1.18 bits per heavy atom. The summed E-state index contributed by atoms with van der Waals surface area (Å²) in [6.45, 7) is 1.32. The van der Waals surface area contributed by atoms with Crippen LogP contribution in [0.15, 0.2) is 58.5 Å². The molecule has 1 atom stereocenters. The second-order valence-corrected chi connectivity index (χ2v) is 6.26. The van der Waals surface area contributed by atoms with Crippen LogP contribution in [-0.2, 0) is 15.3 Å². The minimum absolute atomic E-state index is 0.000882. The highest BCUT2D eigenvalue weighted by atomic mass is 16.5. The van der Waals surface area contributed by atoms with E-state index in [1.54, 1.807) is 43.5 Å². The number of guanidine groups is 2. The molecule has 2 heterocycles. The van der Waals surface area contributed by atoms with Crippen LogP contribution >= 0.6 is 0 Å². The fraction of sp³-hybridized carbons (Fsp3) is 0.158. The average molecular weight is 378 g/mol. The van der Waals surface area contributed by atoms with Crippen LogP contribution in [0.2, 0.25) is 0 Å². The molecule has 0 radical (unpaired) electrons. The van der Waals surface area contributed by atoms with Crippen molar-refractivity contribution in [3.8, 4) is 5.75 Å². The Morgan fingerprint density at radius 2 is 1.89 bits per heavy atom. The molecule has 4 N–H and O–H groups in total. The van der Waals surface area contributed by atoms with Gasteiger partial charge in [0.1, 0.15) is 5.75 Å². The van der Waals surface area contributed by atoms with Gasteiger partial charge in [-0.2, -0.15) is 0 Å². The van der Waals surface area contributed by atoms with Gasteiger partial charge in [-0.3, -0.25) is 14.9 Å². The van der Waals surface area contributed by atoms with Gasteiger partial charge in [0.15, 0.2) is 5.96 Å². The molecule has 2 aliphatic heterocycles. The SMILES string of the molecule is COc1ccccc1NC1=N[C@@]2(N=C(N)N1)C(=O)N(C(C)=O)c1ccccc12. The van der Waals surface area contributed by atoms with E-state index in [-0.39, 0.29) is 11.9 Å². The minimum atomic E-state index is -1.66. The predicted molar refractivity (Wildman–Crippen MR) is 105 cm³/mol. The largest absolute Gasteiger partial charge is 0.495 e. The molecule has 9 nitrogen and oxygen atoms in total. The summed E-state index contributed by atoms with van der Waals surface area (Å²) in [5, 5.41) is 5.89. The molecule has 4 rings (SSSR count). The summed E-state index contributed by atoms with van der Waals surface area (Å²) in [5.41, 5.74) is 5.87. The van der Waals surface area contributed by atoms with E-state index < -0.39 is 17.5 Å². The van der Waals surface area contributed by atoms with Crippen LogP contribution in [0.3, 0.4) is 0 Å². The van der Waals surface area contributed by atoms with E-state index in [4.69, 9.17) is 10.5 Å². The van der Waals surface area contributed by atoms with Gasteiger partial charge in [0, 0.05) is 12.5 Å². The van der Waals surface area contributed by atoms with Crippen LogP contribution < -0.4 is 26.0 Å². The molecular weight excluding hydrogens is 360 g/mol. The molecule has 0 bridgehead atoms. The minimum Gasteiger partial charge on any atom is -0.495 e. The quantitative estimate of drug-likeness (QED) is 0.720. The molecule has 0 saturated carbocycles. The van der Waals surface area contributed by atoms with E-state index >= 15 is 0 Å². The first-order chi connectivity index (χ1) is 13.5. The Morgan fingerprint density at radius 3 is 2.64 bits per heavy atom. The summed E-state index contributed by atoms with van der Waals surface area (Å²) in [6.07, 6.45) is 0. The standard InChI is InChI=1S/C19H18N6O3/c1-11(26)25-14-9-5-3-7-12(14)19(16(25)27)23-17(20)22-18(24-19)21-13-8-4-6-10-15(13)28-2/h3-10H,1-2H3,(H4,20,21,22,23,24)/t19-/m1/s1. The van der Waals surface area contributed by atoms with Crippen molar-refractivity contribution in [2.75, 3.05) is 17.3 Å². The lowest BCUT2D eigenvalue weighted by Crippen LogP contribution is -2.51. The van der Waals surface area contributed by atoms with Crippen LogP contribution in [0.5, 0.6) is 5.75 Å². The maximum atomic E-state index is 13.2. The zero-order valence-electron chi connectivity index (χ0n) is 15.3. The third kappa shape index (κ3) is 2.56. The molecule has 0 aliphatic carbocycles. The van der Waals surface area contributed by atoms with Gasteiger partial charge in [-0.25, -0.2) is 14.9 Å². The van der Waals surface area contributed by atoms with Crippen LogP contribution in [0.25, 0.3) is 0 Å². The van der Waals surface area contributed by atoms with Crippen molar-refractivity contribution in [3.05, 3.63) is 54.1 Å². The zero-order valence-corrected chi connectivity index (χ0v) is 15.3. The molecule has 0 saturated heterocycles. The number of aliphatic imine (C=N–C) groups is 2. The Bertz CT molecular complexity index is 1050. The summed E-state index contributed by atoms with van der Waals surface area (Å²) in [4.78, 5) is 35.2. The van der Waals surface area contributed by atoms with Crippen molar-refractivity contribution in [2.24, 2.45) is 15.7 Å². The molecule has 0 aromatic heterocycles. The summed E-state index contributed by atoms with van der Waals surface area (Å²) in [7, 11) is 1.55. The normalized spacial score (nSPS) is 20.2. The number of rotatable bonds is 2. The highest BCUT2D eigenvalue weighted by molar-refractivity contribution is 6.24. The van der Waals surface area contributed by atoms with Crippen molar-refractivity contribution in [1.29, 1.82) is 0 Å². The fourth-order valence-corrected chi connectivity index (χ4v) is 3.35. The molecule has 0 fully saturated rings. The molecule has 2 aromatic carbocycles. The number of carbonyl (C=O) groups is 2. The predicted octanol–water partition coefficient (Wildman–Crippen LogP) is 1.13. The lowest BCUT2D eigenvalue weighted by atomic mass is 10.0. The Hall–Kier alpha value is -3.88. The molecule has 9 heteroatoms. The summed E-state index contributed by atoms with van der Waals surface area (Å²) < 4.78 is 5.33. The molecule has 0 unspecified atom stereocenters. The number of anilines is 2. The average Bonchev–Trinajstić information content (AvgIpc) is 2.90. The van der Waals surface area contributed by atoms with Gasteiger partial charge in [-0.1, -0.05) is 30.3 Å². The van der Waals surface area contributed by atoms with E-state index in [0.29, 0.717) is 22.7 Å². The van der Waals surface area contributed by atoms with Gasteiger partial charge in [0.25, 0.3) is 11.6 Å². The number of ether oxygens (including phenoxy) is 1. The number of nitrogens with two attached hydrogens (primary N) is 1. The van der Waals surface area contributed by atoms with Gasteiger partial charge in [-0.05, 0) is 18.2 Å². The number of benzene rings is 2. The highest BCUT2D eigenvalue weighted by Gasteiger charge is 2.54. The number of nitrogens with zero attached hydrogens (tertiary/aromatic N) is 3. The third-order valence-corrected chi connectivity index (χ3v) is 4.50. The van der Waals surface area contributed by atoms with E-state index in [1.807, 2.05) is 12.1 Å². The first-order valence-corrected chi connectivity index (χ1v) is 8.53. The Kier molecular flexibility index (Phi) is 3.99. The van der Waals surface area contributed by atoms with E-state index in [2.05, 4.69) is 20.6 Å².